The van der Waals surface area contributed by atoms with Crippen molar-refractivity contribution < 1.29 is 19.1 Å². The minimum absolute atomic E-state index is 0.121. The molecule has 6 heteroatoms. The lowest BCUT2D eigenvalue weighted by Crippen LogP contribution is -2.22. The first-order valence-electron chi connectivity index (χ1n) is 9.80. The van der Waals surface area contributed by atoms with Crippen molar-refractivity contribution in [2.24, 2.45) is 0 Å². The van der Waals surface area contributed by atoms with E-state index in [-0.39, 0.29) is 16.9 Å². The molecule has 0 aromatic heterocycles. The number of hydrogen-bond donors (Lipinski definition) is 1. The SMILES string of the molecule is Cc1ccc(C(=O)c2ccccc2C(=O)OCC(=O)Nc2ccc(N(C)C)cc2)cc1. The van der Waals surface area contributed by atoms with Crippen LogP contribution in [0.1, 0.15) is 31.8 Å². The van der Waals surface area contributed by atoms with Crippen LogP contribution in [0.25, 0.3) is 0 Å². The van der Waals surface area contributed by atoms with Gasteiger partial charge in [-0.3, -0.25) is 9.59 Å². The summed E-state index contributed by atoms with van der Waals surface area (Å²) in [6.45, 7) is 1.47. The molecule has 31 heavy (non-hydrogen) atoms. The number of anilines is 2. The summed E-state index contributed by atoms with van der Waals surface area (Å²) in [5.41, 5.74) is 3.46. The summed E-state index contributed by atoms with van der Waals surface area (Å²) in [6.07, 6.45) is 0. The van der Waals surface area contributed by atoms with Crippen LogP contribution in [0.2, 0.25) is 0 Å². The monoisotopic (exact) mass is 416 g/mol. The molecule has 0 bridgehead atoms. The molecule has 6 nitrogen and oxygen atoms in total. The fraction of sp³-hybridized carbons (Fsp3) is 0.160. The Morgan fingerprint density at radius 2 is 1.45 bits per heavy atom. The van der Waals surface area contributed by atoms with Crippen molar-refractivity contribution in [3.63, 3.8) is 0 Å². The fourth-order valence-corrected chi connectivity index (χ4v) is 2.97. The van der Waals surface area contributed by atoms with E-state index in [1.807, 2.05) is 50.2 Å². The Hall–Kier alpha value is -3.93. The van der Waals surface area contributed by atoms with Gasteiger partial charge in [0.2, 0.25) is 0 Å². The predicted octanol–water partition coefficient (Wildman–Crippen LogP) is 4.09. The van der Waals surface area contributed by atoms with Crippen molar-refractivity contribution in [1.29, 1.82) is 0 Å². The van der Waals surface area contributed by atoms with Crippen molar-refractivity contribution in [1.82, 2.24) is 0 Å². The zero-order chi connectivity index (χ0) is 22.4. The third kappa shape index (κ3) is 5.57. The molecule has 0 spiro atoms. The first kappa shape index (κ1) is 21.8. The second-order valence-corrected chi connectivity index (χ2v) is 7.31. The summed E-state index contributed by atoms with van der Waals surface area (Å²) < 4.78 is 5.16. The number of rotatable bonds is 7. The van der Waals surface area contributed by atoms with E-state index < -0.39 is 18.5 Å². The van der Waals surface area contributed by atoms with Crippen molar-refractivity contribution in [3.05, 3.63) is 95.1 Å². The zero-order valence-corrected chi connectivity index (χ0v) is 17.7. The highest BCUT2D eigenvalue weighted by atomic mass is 16.5. The highest BCUT2D eigenvalue weighted by Crippen LogP contribution is 2.17. The maximum absolute atomic E-state index is 12.8. The standard InChI is InChI=1S/C25H24N2O4/c1-17-8-10-18(11-9-17)24(29)21-6-4-5-7-22(21)25(30)31-16-23(28)26-19-12-14-20(15-13-19)27(2)3/h4-15H,16H2,1-3H3,(H,26,28). The Balaban J connectivity index is 1.65. The largest absolute Gasteiger partial charge is 0.452 e. The van der Waals surface area contributed by atoms with Gasteiger partial charge in [0.25, 0.3) is 5.91 Å². The highest BCUT2D eigenvalue weighted by molar-refractivity contribution is 6.14. The van der Waals surface area contributed by atoms with E-state index in [2.05, 4.69) is 5.32 Å². The molecule has 0 aliphatic carbocycles. The molecule has 0 saturated carbocycles. The Bertz CT molecular complexity index is 1090. The van der Waals surface area contributed by atoms with E-state index in [4.69, 9.17) is 4.74 Å². The number of nitrogens with zero attached hydrogens (tertiary/aromatic N) is 1. The van der Waals surface area contributed by atoms with Crippen LogP contribution in [-0.2, 0) is 9.53 Å². The molecule has 0 aliphatic heterocycles. The van der Waals surface area contributed by atoms with Crippen molar-refractivity contribution in [2.75, 3.05) is 30.9 Å². The van der Waals surface area contributed by atoms with Crippen LogP contribution in [0.4, 0.5) is 11.4 Å². The number of ether oxygens (including phenoxy) is 1. The Kier molecular flexibility index (Phi) is 6.82. The van der Waals surface area contributed by atoms with Gasteiger partial charge >= 0.3 is 5.97 Å². The first-order chi connectivity index (χ1) is 14.8. The number of hydrogen-bond acceptors (Lipinski definition) is 5. The minimum atomic E-state index is -0.728. The molecule has 0 unspecified atom stereocenters. The number of aryl methyl sites for hydroxylation is 1. The molecule has 1 N–H and O–H groups in total. The zero-order valence-electron chi connectivity index (χ0n) is 17.7. The Morgan fingerprint density at radius 3 is 2.06 bits per heavy atom. The molecular weight excluding hydrogens is 392 g/mol. The van der Waals surface area contributed by atoms with E-state index in [1.54, 1.807) is 42.5 Å². The summed E-state index contributed by atoms with van der Waals surface area (Å²) in [5.74, 6) is -1.47. The van der Waals surface area contributed by atoms with Crippen LogP contribution in [0.15, 0.2) is 72.8 Å². The summed E-state index contributed by atoms with van der Waals surface area (Å²) >= 11 is 0. The van der Waals surface area contributed by atoms with E-state index in [0.717, 1.165) is 11.3 Å². The number of carbonyl (C=O) groups excluding carboxylic acids is 3. The van der Waals surface area contributed by atoms with E-state index in [0.29, 0.717) is 11.3 Å². The van der Waals surface area contributed by atoms with Gasteiger partial charge in [-0.15, -0.1) is 0 Å². The Labute approximate surface area is 181 Å². The van der Waals surface area contributed by atoms with Gasteiger partial charge in [0.15, 0.2) is 12.4 Å². The van der Waals surface area contributed by atoms with Gasteiger partial charge in [-0.2, -0.15) is 0 Å². The summed E-state index contributed by atoms with van der Waals surface area (Å²) in [5, 5.41) is 2.68. The molecular formula is C25H24N2O4. The molecule has 0 atom stereocenters. The van der Waals surface area contributed by atoms with Gasteiger partial charge in [-0.1, -0.05) is 48.0 Å². The van der Waals surface area contributed by atoms with Crippen LogP contribution in [0.3, 0.4) is 0 Å². The van der Waals surface area contributed by atoms with Gasteiger partial charge in [0, 0.05) is 36.6 Å². The van der Waals surface area contributed by atoms with Crippen molar-refractivity contribution in [3.8, 4) is 0 Å². The van der Waals surface area contributed by atoms with E-state index >= 15 is 0 Å². The molecule has 0 fully saturated rings. The quantitative estimate of drug-likeness (QED) is 0.464. The fourth-order valence-electron chi connectivity index (χ4n) is 2.97. The summed E-state index contributed by atoms with van der Waals surface area (Å²) in [4.78, 5) is 39.5. The normalized spacial score (nSPS) is 10.3. The van der Waals surface area contributed by atoms with Crippen molar-refractivity contribution >= 4 is 29.0 Å². The van der Waals surface area contributed by atoms with Gasteiger partial charge in [-0.25, -0.2) is 4.79 Å². The smallest absolute Gasteiger partial charge is 0.339 e. The number of ketones is 1. The molecule has 1 amide bonds. The second-order valence-electron chi connectivity index (χ2n) is 7.31. The molecule has 0 heterocycles. The maximum Gasteiger partial charge on any atom is 0.339 e. The topological polar surface area (TPSA) is 75.7 Å². The summed E-state index contributed by atoms with van der Waals surface area (Å²) in [6, 6.07) is 20.8. The highest BCUT2D eigenvalue weighted by Gasteiger charge is 2.20. The molecule has 0 saturated heterocycles. The number of benzene rings is 3. The van der Waals surface area contributed by atoms with Gasteiger partial charge in [0.05, 0.1) is 5.56 Å². The van der Waals surface area contributed by atoms with Crippen molar-refractivity contribution in [2.45, 2.75) is 6.92 Å². The average molecular weight is 416 g/mol. The average Bonchev–Trinajstić information content (AvgIpc) is 2.78. The molecule has 158 valence electrons. The maximum atomic E-state index is 12.8. The van der Waals surface area contributed by atoms with E-state index in [1.165, 1.54) is 6.07 Å². The lowest BCUT2D eigenvalue weighted by Gasteiger charge is -2.13. The van der Waals surface area contributed by atoms with E-state index in [9.17, 15) is 14.4 Å². The number of esters is 1. The first-order valence-corrected chi connectivity index (χ1v) is 9.80. The van der Waals surface area contributed by atoms with Crippen LogP contribution in [-0.4, -0.2) is 38.4 Å². The van der Waals surface area contributed by atoms with Crippen LogP contribution >= 0.6 is 0 Å². The number of nitrogens with one attached hydrogen (secondary N) is 1. The minimum Gasteiger partial charge on any atom is -0.452 e. The lowest BCUT2D eigenvalue weighted by molar-refractivity contribution is -0.119. The van der Waals surface area contributed by atoms with Crippen LogP contribution in [0.5, 0.6) is 0 Å². The lowest BCUT2D eigenvalue weighted by atomic mass is 9.98. The predicted molar refractivity (Wildman–Crippen MR) is 121 cm³/mol. The van der Waals surface area contributed by atoms with Crippen LogP contribution < -0.4 is 10.2 Å². The summed E-state index contributed by atoms with van der Waals surface area (Å²) in [7, 11) is 3.85. The number of carbonyl (C=O) groups is 3. The molecule has 3 aromatic rings. The number of amides is 1. The molecule has 3 aromatic carbocycles. The molecule has 0 aliphatic rings. The van der Waals surface area contributed by atoms with Gasteiger partial charge < -0.3 is 15.0 Å². The van der Waals surface area contributed by atoms with Crippen LogP contribution in [0, 0.1) is 6.92 Å². The molecule has 0 radical (unpaired) electrons. The Morgan fingerprint density at radius 1 is 0.839 bits per heavy atom. The molecule has 3 rings (SSSR count). The van der Waals surface area contributed by atoms with Gasteiger partial charge in [-0.05, 0) is 37.3 Å². The third-order valence-electron chi connectivity index (χ3n) is 4.71. The third-order valence-corrected chi connectivity index (χ3v) is 4.71. The van der Waals surface area contributed by atoms with Gasteiger partial charge in [0.1, 0.15) is 0 Å². The second kappa shape index (κ2) is 9.71.